The summed E-state index contributed by atoms with van der Waals surface area (Å²) in [7, 11) is 0. The number of terminal acetylenes is 1. The summed E-state index contributed by atoms with van der Waals surface area (Å²) in [5, 5.41) is 1.12. The van der Waals surface area contributed by atoms with Crippen molar-refractivity contribution in [3.05, 3.63) is 66.4 Å². The highest BCUT2D eigenvalue weighted by Crippen LogP contribution is 2.29. The highest BCUT2D eigenvalue weighted by molar-refractivity contribution is 5.78. The summed E-state index contributed by atoms with van der Waals surface area (Å²) in [6, 6.07) is 20.2. The van der Waals surface area contributed by atoms with Crippen LogP contribution in [-0.4, -0.2) is 4.98 Å². The van der Waals surface area contributed by atoms with Crippen LogP contribution in [0.3, 0.4) is 0 Å². The quantitative estimate of drug-likeness (QED) is 0.417. The van der Waals surface area contributed by atoms with Crippen LogP contribution in [0, 0.1) is 12.3 Å². The van der Waals surface area contributed by atoms with E-state index in [1.165, 1.54) is 11.1 Å². The maximum atomic E-state index is 5.23. The van der Waals surface area contributed by atoms with E-state index < -0.39 is 0 Å². The maximum absolute atomic E-state index is 5.23. The summed E-state index contributed by atoms with van der Waals surface area (Å²) in [4.78, 5) is 4.26. The number of para-hydroxylation sites is 1. The lowest BCUT2D eigenvalue weighted by Crippen LogP contribution is -1.85. The molecule has 18 heavy (non-hydrogen) atoms. The van der Waals surface area contributed by atoms with Gasteiger partial charge in [-0.15, -0.1) is 6.42 Å². The van der Waals surface area contributed by atoms with Gasteiger partial charge in [-0.2, -0.15) is 0 Å². The van der Waals surface area contributed by atoms with Crippen molar-refractivity contribution in [1.29, 1.82) is 0 Å². The second-order valence-corrected chi connectivity index (χ2v) is 4.11. The van der Waals surface area contributed by atoms with Crippen LogP contribution in [-0.2, 0) is 0 Å². The normalized spacial score (nSPS) is 10.2. The van der Waals surface area contributed by atoms with Gasteiger partial charge in [0, 0.05) is 5.39 Å². The number of hydrogen-bond acceptors (Lipinski definition) is 1. The van der Waals surface area contributed by atoms with Gasteiger partial charge in [0.2, 0.25) is 0 Å². The molecule has 0 saturated heterocycles. The van der Waals surface area contributed by atoms with E-state index >= 15 is 0 Å². The molecule has 0 amide bonds. The number of hydrogen-bond donors (Lipinski definition) is 0. The van der Waals surface area contributed by atoms with Crippen molar-refractivity contribution in [1.82, 2.24) is 4.98 Å². The van der Waals surface area contributed by atoms with Gasteiger partial charge in [0.25, 0.3) is 0 Å². The molecule has 1 aromatic carbocycles. The molecule has 0 aliphatic heterocycles. The van der Waals surface area contributed by atoms with Crippen LogP contribution in [0.4, 0.5) is 0 Å². The van der Waals surface area contributed by atoms with E-state index in [-0.39, 0.29) is 0 Å². The first kappa shape index (κ1) is 10.6. The second-order valence-electron chi connectivity index (χ2n) is 4.11. The molecular formula is C17H11N. The largest absolute Gasteiger partial charge is 0.239 e. The van der Waals surface area contributed by atoms with E-state index in [1.54, 1.807) is 0 Å². The topological polar surface area (TPSA) is 12.9 Å². The molecule has 2 aliphatic carbocycles. The second kappa shape index (κ2) is 4.35. The van der Waals surface area contributed by atoms with Crippen molar-refractivity contribution in [2.24, 2.45) is 0 Å². The molecule has 0 N–H and O–H groups in total. The van der Waals surface area contributed by atoms with Gasteiger partial charge in [0.15, 0.2) is 0 Å². The maximum Gasteiger partial charge on any atom is 0.113 e. The minimum Gasteiger partial charge on any atom is -0.239 e. The SMILES string of the molecule is C#Cc1ccc2ccccc2n1.c1cc2ccc1-2. The van der Waals surface area contributed by atoms with Crippen LogP contribution >= 0.6 is 0 Å². The van der Waals surface area contributed by atoms with Crippen LogP contribution in [0.1, 0.15) is 5.69 Å². The van der Waals surface area contributed by atoms with Gasteiger partial charge in [0.05, 0.1) is 5.52 Å². The first-order valence-corrected chi connectivity index (χ1v) is 5.80. The molecule has 1 heteroatoms. The molecule has 84 valence electrons. The van der Waals surface area contributed by atoms with Gasteiger partial charge in [-0.05, 0) is 23.3 Å². The molecular weight excluding hydrogens is 218 g/mol. The summed E-state index contributed by atoms with van der Waals surface area (Å²) >= 11 is 0. The molecule has 1 nitrogen and oxygen atoms in total. The van der Waals surface area contributed by atoms with Crippen molar-refractivity contribution in [3.63, 3.8) is 0 Å². The summed E-state index contributed by atoms with van der Waals surface area (Å²) in [5.74, 6) is 2.51. The van der Waals surface area contributed by atoms with E-state index in [2.05, 4.69) is 35.2 Å². The van der Waals surface area contributed by atoms with Crippen LogP contribution in [0.15, 0.2) is 60.7 Å². The number of benzene rings is 2. The van der Waals surface area contributed by atoms with E-state index in [9.17, 15) is 0 Å². The van der Waals surface area contributed by atoms with Gasteiger partial charge >= 0.3 is 0 Å². The molecule has 1 aromatic heterocycles. The third-order valence-corrected chi connectivity index (χ3v) is 2.96. The number of fused-ring (bicyclic) bond motifs is 2. The molecule has 0 fully saturated rings. The minimum atomic E-state index is 0.689. The molecule has 2 aromatic rings. The third-order valence-electron chi connectivity index (χ3n) is 2.96. The lowest BCUT2D eigenvalue weighted by Gasteiger charge is -2.10. The molecule has 0 spiro atoms. The molecule has 0 radical (unpaired) electrons. The lowest BCUT2D eigenvalue weighted by molar-refractivity contribution is 1.36. The molecule has 4 rings (SSSR count). The summed E-state index contributed by atoms with van der Waals surface area (Å²) < 4.78 is 0. The summed E-state index contributed by atoms with van der Waals surface area (Å²) in [6.45, 7) is 0. The zero-order chi connectivity index (χ0) is 12.4. The molecule has 2 aliphatic rings. The van der Waals surface area contributed by atoms with Crippen molar-refractivity contribution in [2.45, 2.75) is 0 Å². The Morgan fingerprint density at radius 3 is 2.00 bits per heavy atom. The third kappa shape index (κ3) is 1.85. The Morgan fingerprint density at radius 1 is 0.778 bits per heavy atom. The van der Waals surface area contributed by atoms with Crippen LogP contribution in [0.25, 0.3) is 22.0 Å². The molecule has 1 heterocycles. The predicted molar refractivity (Wildman–Crippen MR) is 75.1 cm³/mol. The van der Waals surface area contributed by atoms with E-state index in [0.717, 1.165) is 10.9 Å². The van der Waals surface area contributed by atoms with E-state index in [0.29, 0.717) is 5.69 Å². The lowest BCUT2D eigenvalue weighted by atomic mass is 9.95. The van der Waals surface area contributed by atoms with Crippen LogP contribution < -0.4 is 0 Å². The average Bonchev–Trinajstić information content (AvgIpc) is 2.43. The Balaban J connectivity index is 0.000000137. The number of aromatic nitrogens is 1. The van der Waals surface area contributed by atoms with Crippen molar-refractivity contribution >= 4 is 10.9 Å². The summed E-state index contributed by atoms with van der Waals surface area (Å²) in [6.07, 6.45) is 5.23. The fourth-order valence-corrected chi connectivity index (χ4v) is 1.81. The highest BCUT2D eigenvalue weighted by Gasteiger charge is 2.03. The van der Waals surface area contributed by atoms with Gasteiger partial charge in [-0.1, -0.05) is 54.5 Å². The average molecular weight is 229 g/mol. The molecule has 0 unspecified atom stereocenters. The van der Waals surface area contributed by atoms with Crippen molar-refractivity contribution in [3.8, 4) is 23.5 Å². The van der Waals surface area contributed by atoms with Gasteiger partial charge in [0.1, 0.15) is 5.69 Å². The first-order chi connectivity index (χ1) is 8.86. The fourth-order valence-electron chi connectivity index (χ4n) is 1.81. The Labute approximate surface area is 106 Å². The molecule has 0 bridgehead atoms. The summed E-state index contributed by atoms with van der Waals surface area (Å²) in [5.41, 5.74) is 4.49. The van der Waals surface area contributed by atoms with Gasteiger partial charge in [-0.25, -0.2) is 4.98 Å². The van der Waals surface area contributed by atoms with E-state index in [4.69, 9.17) is 6.42 Å². The van der Waals surface area contributed by atoms with Gasteiger partial charge in [-0.3, -0.25) is 0 Å². The number of rotatable bonds is 0. The standard InChI is InChI=1S/C11H7N.C6H4/c1-2-10-8-7-9-5-3-4-6-11(9)12-10;1-2-6-4-3-5(1)6/h1,3-8H;1-4H. The van der Waals surface area contributed by atoms with Crippen molar-refractivity contribution in [2.75, 3.05) is 0 Å². The Bertz CT molecular complexity index is 712. The minimum absolute atomic E-state index is 0.689. The zero-order valence-electron chi connectivity index (χ0n) is 9.80. The Morgan fingerprint density at radius 2 is 1.44 bits per heavy atom. The Kier molecular flexibility index (Phi) is 2.55. The van der Waals surface area contributed by atoms with Crippen LogP contribution in [0.2, 0.25) is 0 Å². The number of pyridine rings is 1. The molecule has 0 atom stereocenters. The fraction of sp³-hybridized carbons (Fsp3) is 0. The highest BCUT2D eigenvalue weighted by atomic mass is 14.7. The monoisotopic (exact) mass is 229 g/mol. The predicted octanol–water partition coefficient (Wildman–Crippen LogP) is 3.88. The van der Waals surface area contributed by atoms with Gasteiger partial charge < -0.3 is 0 Å². The number of nitrogens with zero attached hydrogens (tertiary/aromatic N) is 1. The van der Waals surface area contributed by atoms with E-state index in [1.807, 2.05) is 36.4 Å². The Hall–Kier alpha value is -2.59. The first-order valence-electron chi connectivity index (χ1n) is 5.80. The molecule has 0 saturated carbocycles. The smallest absolute Gasteiger partial charge is 0.113 e. The van der Waals surface area contributed by atoms with Crippen molar-refractivity contribution < 1.29 is 0 Å². The zero-order valence-corrected chi connectivity index (χ0v) is 9.80. The van der Waals surface area contributed by atoms with Crippen LogP contribution in [0.5, 0.6) is 0 Å².